The molecule has 1 aromatic heterocycles. The van der Waals surface area contributed by atoms with E-state index in [-0.39, 0.29) is 10.8 Å². The number of sulfone groups is 1. The van der Waals surface area contributed by atoms with E-state index in [1.807, 2.05) is 48.5 Å². The zero-order valence-corrected chi connectivity index (χ0v) is 17.5. The largest absolute Gasteiger partial charge is 0.457 e. The predicted octanol–water partition coefficient (Wildman–Crippen LogP) is 4.58. The molecular weight excluding hydrogens is 420 g/mol. The minimum Gasteiger partial charge on any atom is -0.457 e. The van der Waals surface area contributed by atoms with E-state index < -0.39 is 15.8 Å². The highest BCUT2D eigenvalue weighted by Crippen LogP contribution is 2.44. The van der Waals surface area contributed by atoms with Crippen LogP contribution < -0.4 is 10.1 Å². The Labute approximate surface area is 177 Å². The van der Waals surface area contributed by atoms with Crippen molar-refractivity contribution in [2.45, 2.75) is 10.8 Å². The molecule has 0 radical (unpaired) electrons. The van der Waals surface area contributed by atoms with E-state index in [1.54, 1.807) is 12.1 Å². The Morgan fingerprint density at radius 1 is 1.00 bits per heavy atom. The molecule has 150 valence electrons. The molecule has 0 unspecified atom stereocenters. The van der Waals surface area contributed by atoms with Crippen LogP contribution in [0.4, 0.5) is 5.13 Å². The van der Waals surface area contributed by atoms with Crippen LogP contribution in [0.5, 0.6) is 11.5 Å². The van der Waals surface area contributed by atoms with Gasteiger partial charge in [0.1, 0.15) is 11.5 Å². The molecule has 1 aliphatic rings. The van der Waals surface area contributed by atoms with Crippen LogP contribution in [0.1, 0.15) is 17.0 Å². The first-order chi connectivity index (χ1) is 14.4. The Morgan fingerprint density at radius 3 is 2.27 bits per heavy atom. The molecule has 0 atom stereocenters. The van der Waals surface area contributed by atoms with E-state index in [0.717, 1.165) is 17.4 Å². The van der Waals surface area contributed by atoms with Gasteiger partial charge in [-0.2, -0.15) is 0 Å². The first kappa shape index (κ1) is 18.8. The number of aromatic nitrogens is 1. The lowest BCUT2D eigenvalue weighted by molar-refractivity contribution is -0.116. The number of thiazole rings is 1. The maximum atomic E-state index is 13.3. The predicted molar refractivity (Wildman–Crippen MR) is 116 cm³/mol. The van der Waals surface area contributed by atoms with E-state index >= 15 is 0 Å². The first-order valence-corrected chi connectivity index (χ1v) is 11.9. The second kappa shape index (κ2) is 6.93. The minimum atomic E-state index is -3.31. The van der Waals surface area contributed by atoms with Gasteiger partial charge in [0.2, 0.25) is 5.91 Å². The Balaban J connectivity index is 1.52. The van der Waals surface area contributed by atoms with Crippen molar-refractivity contribution in [3.05, 3.63) is 77.9 Å². The molecule has 0 bridgehead atoms. The van der Waals surface area contributed by atoms with Crippen LogP contribution in [0.25, 0.3) is 10.2 Å². The van der Waals surface area contributed by atoms with Gasteiger partial charge in [-0.05, 0) is 30.3 Å². The maximum absolute atomic E-state index is 13.3. The highest BCUT2D eigenvalue weighted by atomic mass is 32.2. The number of ether oxygens (including phenoxy) is 1. The summed E-state index contributed by atoms with van der Waals surface area (Å²) in [7, 11) is -3.31. The second-order valence-electron chi connectivity index (χ2n) is 7.02. The molecule has 30 heavy (non-hydrogen) atoms. The summed E-state index contributed by atoms with van der Waals surface area (Å²) in [6.07, 6.45) is 1.16. The standard InChI is InChI=1S/C22H16N2O4S2/c1-30(26,27)13-10-11-16-19(12-13)29-22(23-16)24-21(25)20-14-6-2-4-8-17(14)28-18-9-5-3-7-15(18)20/h2-12,20H,1H3,(H,23,24,25). The second-order valence-corrected chi connectivity index (χ2v) is 10.1. The van der Waals surface area contributed by atoms with Gasteiger partial charge >= 0.3 is 0 Å². The SMILES string of the molecule is CS(=O)(=O)c1ccc2nc(NC(=O)C3c4ccccc4Oc4ccccc43)sc2c1. The van der Waals surface area contributed by atoms with Crippen LogP contribution in [0.15, 0.2) is 71.6 Å². The molecule has 3 aromatic carbocycles. The number of rotatable bonds is 3. The third kappa shape index (κ3) is 3.24. The van der Waals surface area contributed by atoms with Crippen LogP contribution in [0, 0.1) is 0 Å². The molecule has 0 saturated heterocycles. The van der Waals surface area contributed by atoms with Gasteiger partial charge in [0, 0.05) is 17.4 Å². The molecule has 8 heteroatoms. The zero-order chi connectivity index (χ0) is 20.9. The van der Waals surface area contributed by atoms with Crippen LogP contribution >= 0.6 is 11.3 Å². The van der Waals surface area contributed by atoms with Gasteiger partial charge in [-0.15, -0.1) is 0 Å². The Bertz CT molecular complexity index is 1360. The minimum absolute atomic E-state index is 0.222. The van der Waals surface area contributed by atoms with Crippen molar-refractivity contribution in [3.8, 4) is 11.5 Å². The molecule has 1 amide bonds. The average Bonchev–Trinajstić information content (AvgIpc) is 3.12. The molecule has 2 heterocycles. The molecule has 0 spiro atoms. The first-order valence-electron chi connectivity index (χ1n) is 9.17. The third-order valence-corrected chi connectivity index (χ3v) is 7.00. The number of nitrogens with one attached hydrogen (secondary N) is 1. The summed E-state index contributed by atoms with van der Waals surface area (Å²) >= 11 is 1.24. The fourth-order valence-corrected chi connectivity index (χ4v) is 5.19. The van der Waals surface area contributed by atoms with E-state index in [1.165, 1.54) is 17.4 Å². The smallest absolute Gasteiger partial charge is 0.238 e. The molecule has 1 aliphatic heterocycles. The van der Waals surface area contributed by atoms with E-state index in [2.05, 4.69) is 10.3 Å². The van der Waals surface area contributed by atoms with Crippen molar-refractivity contribution in [2.75, 3.05) is 11.6 Å². The Morgan fingerprint density at radius 2 is 1.63 bits per heavy atom. The van der Waals surface area contributed by atoms with Gasteiger partial charge in [-0.3, -0.25) is 4.79 Å². The number of amides is 1. The number of hydrogen-bond donors (Lipinski definition) is 1. The molecule has 0 saturated carbocycles. The molecule has 0 fully saturated rings. The quantitative estimate of drug-likeness (QED) is 0.508. The van der Waals surface area contributed by atoms with Crippen molar-refractivity contribution in [1.82, 2.24) is 4.98 Å². The van der Waals surface area contributed by atoms with Crippen molar-refractivity contribution >= 4 is 42.4 Å². The van der Waals surface area contributed by atoms with Gasteiger partial charge in [0.05, 0.1) is 21.0 Å². The van der Waals surface area contributed by atoms with Gasteiger partial charge < -0.3 is 10.1 Å². The highest BCUT2D eigenvalue weighted by Gasteiger charge is 2.32. The highest BCUT2D eigenvalue weighted by molar-refractivity contribution is 7.90. The van der Waals surface area contributed by atoms with Gasteiger partial charge in [-0.1, -0.05) is 47.7 Å². The average molecular weight is 437 g/mol. The topological polar surface area (TPSA) is 85.4 Å². The summed E-state index contributed by atoms with van der Waals surface area (Å²) < 4.78 is 30.3. The molecule has 1 N–H and O–H groups in total. The van der Waals surface area contributed by atoms with Crippen LogP contribution in [-0.4, -0.2) is 25.6 Å². The van der Waals surface area contributed by atoms with Gasteiger partial charge in [0.25, 0.3) is 0 Å². The summed E-state index contributed by atoms with van der Waals surface area (Å²) in [6, 6.07) is 19.7. The fourth-order valence-electron chi connectivity index (χ4n) is 3.56. The lowest BCUT2D eigenvalue weighted by atomic mass is 9.87. The number of para-hydroxylation sites is 2. The number of benzene rings is 3. The zero-order valence-electron chi connectivity index (χ0n) is 15.8. The molecule has 4 aromatic rings. The van der Waals surface area contributed by atoms with Gasteiger partial charge in [-0.25, -0.2) is 13.4 Å². The summed E-state index contributed by atoms with van der Waals surface area (Å²) in [6.45, 7) is 0. The summed E-state index contributed by atoms with van der Waals surface area (Å²) in [5, 5.41) is 3.32. The number of anilines is 1. The molecule has 0 aliphatic carbocycles. The summed E-state index contributed by atoms with van der Waals surface area (Å²) in [4.78, 5) is 18.0. The Hall–Kier alpha value is -3.23. The fraction of sp³-hybridized carbons (Fsp3) is 0.0909. The number of nitrogens with zero attached hydrogens (tertiary/aromatic N) is 1. The number of hydrogen-bond acceptors (Lipinski definition) is 6. The van der Waals surface area contributed by atoms with E-state index in [4.69, 9.17) is 4.74 Å². The Kier molecular flexibility index (Phi) is 4.34. The van der Waals surface area contributed by atoms with Crippen LogP contribution in [0.3, 0.4) is 0 Å². The van der Waals surface area contributed by atoms with Crippen molar-refractivity contribution in [1.29, 1.82) is 0 Å². The normalized spacial score (nSPS) is 13.4. The number of fused-ring (bicyclic) bond motifs is 3. The molecular formula is C22H16N2O4S2. The molecule has 6 nitrogen and oxygen atoms in total. The molecule has 5 rings (SSSR count). The lowest BCUT2D eigenvalue weighted by Gasteiger charge is -2.27. The van der Waals surface area contributed by atoms with Crippen molar-refractivity contribution < 1.29 is 17.9 Å². The van der Waals surface area contributed by atoms with E-state index in [9.17, 15) is 13.2 Å². The van der Waals surface area contributed by atoms with E-state index in [0.29, 0.717) is 26.8 Å². The summed E-state index contributed by atoms with van der Waals surface area (Å²) in [5.74, 6) is 0.544. The summed E-state index contributed by atoms with van der Waals surface area (Å²) in [5.41, 5.74) is 2.21. The van der Waals surface area contributed by atoms with Crippen LogP contribution in [-0.2, 0) is 14.6 Å². The number of carbonyl (C=O) groups excluding carboxylic acids is 1. The number of carbonyl (C=O) groups is 1. The monoisotopic (exact) mass is 436 g/mol. The maximum Gasteiger partial charge on any atom is 0.238 e. The van der Waals surface area contributed by atoms with Crippen molar-refractivity contribution in [3.63, 3.8) is 0 Å². The van der Waals surface area contributed by atoms with Crippen LogP contribution in [0.2, 0.25) is 0 Å². The third-order valence-electron chi connectivity index (χ3n) is 4.96. The van der Waals surface area contributed by atoms with Crippen molar-refractivity contribution in [2.24, 2.45) is 0 Å². The van der Waals surface area contributed by atoms with Gasteiger partial charge in [0.15, 0.2) is 15.0 Å². The lowest BCUT2D eigenvalue weighted by Crippen LogP contribution is -2.24.